The van der Waals surface area contributed by atoms with Crippen LogP contribution in [0.1, 0.15) is 56.1 Å². The molecular weight excluding hydrogens is 432 g/mol. The number of amides is 2. The van der Waals surface area contributed by atoms with Crippen molar-refractivity contribution in [2.45, 2.75) is 56.0 Å². The summed E-state index contributed by atoms with van der Waals surface area (Å²) in [6, 6.07) is 16.3. The molecule has 2 aliphatic heterocycles. The van der Waals surface area contributed by atoms with Crippen LogP contribution in [-0.2, 0) is 14.3 Å². The SMILES string of the molecule is CC12CN(C(=O)C3(NC(=O)OCC4c5ccccc5-c5ccccc54)CCC3)C(C(=O)O)(C1)C2. The number of nitrogens with zero attached hydrogens (tertiary/aromatic N) is 1. The molecule has 0 aromatic heterocycles. The van der Waals surface area contributed by atoms with E-state index < -0.39 is 23.1 Å². The third kappa shape index (κ3) is 2.85. The monoisotopic (exact) mass is 460 g/mol. The highest BCUT2D eigenvalue weighted by molar-refractivity contribution is 5.96. The fourth-order valence-corrected chi connectivity index (χ4v) is 6.74. The van der Waals surface area contributed by atoms with Crippen LogP contribution < -0.4 is 5.32 Å². The second kappa shape index (κ2) is 7.08. The van der Waals surface area contributed by atoms with E-state index in [1.54, 1.807) is 0 Å². The maximum atomic E-state index is 13.6. The molecule has 0 unspecified atom stereocenters. The zero-order chi connectivity index (χ0) is 23.7. The Balaban J connectivity index is 1.17. The average molecular weight is 461 g/mol. The van der Waals surface area contributed by atoms with E-state index >= 15 is 0 Å². The number of carboxylic acid groups (broad SMARTS) is 1. The van der Waals surface area contributed by atoms with Gasteiger partial charge < -0.3 is 20.1 Å². The van der Waals surface area contributed by atoms with Crippen LogP contribution in [0.4, 0.5) is 4.79 Å². The van der Waals surface area contributed by atoms with E-state index in [0.29, 0.717) is 32.2 Å². The van der Waals surface area contributed by atoms with Crippen LogP contribution in [0.15, 0.2) is 48.5 Å². The Kier molecular flexibility index (Phi) is 4.41. The molecule has 5 aliphatic rings. The first kappa shape index (κ1) is 21.2. The van der Waals surface area contributed by atoms with E-state index in [2.05, 4.69) is 29.6 Å². The summed E-state index contributed by atoms with van der Waals surface area (Å²) in [6.07, 6.45) is 2.12. The number of carbonyl (C=O) groups excluding carboxylic acids is 2. The van der Waals surface area contributed by atoms with E-state index in [0.717, 1.165) is 28.7 Å². The van der Waals surface area contributed by atoms with Crippen molar-refractivity contribution in [2.24, 2.45) is 5.41 Å². The summed E-state index contributed by atoms with van der Waals surface area (Å²) in [7, 11) is 0. The number of rotatable bonds is 5. The van der Waals surface area contributed by atoms with Gasteiger partial charge in [0, 0.05) is 12.5 Å². The molecule has 0 spiro atoms. The van der Waals surface area contributed by atoms with Gasteiger partial charge in [0.2, 0.25) is 5.91 Å². The van der Waals surface area contributed by atoms with E-state index in [1.165, 1.54) is 4.90 Å². The number of hydrogen-bond donors (Lipinski definition) is 2. The zero-order valence-corrected chi connectivity index (χ0v) is 19.2. The maximum absolute atomic E-state index is 13.6. The minimum atomic E-state index is -1.13. The molecule has 7 rings (SSSR count). The Morgan fingerprint density at radius 2 is 1.62 bits per heavy atom. The molecule has 2 aromatic carbocycles. The summed E-state index contributed by atoms with van der Waals surface area (Å²) in [5.41, 5.74) is 2.20. The van der Waals surface area contributed by atoms with Crippen molar-refractivity contribution in [1.82, 2.24) is 10.2 Å². The molecule has 34 heavy (non-hydrogen) atoms. The van der Waals surface area contributed by atoms with Crippen molar-refractivity contribution in [1.29, 1.82) is 0 Å². The van der Waals surface area contributed by atoms with Crippen LogP contribution in [-0.4, -0.2) is 52.2 Å². The number of carboxylic acids is 1. The number of ether oxygens (including phenoxy) is 1. The van der Waals surface area contributed by atoms with Crippen molar-refractivity contribution in [3.8, 4) is 11.1 Å². The van der Waals surface area contributed by atoms with Crippen LogP contribution >= 0.6 is 0 Å². The predicted molar refractivity (Wildman–Crippen MR) is 124 cm³/mol. The smallest absolute Gasteiger partial charge is 0.408 e. The Morgan fingerprint density at radius 3 is 2.15 bits per heavy atom. The second-order valence-corrected chi connectivity index (χ2v) is 10.8. The van der Waals surface area contributed by atoms with Crippen LogP contribution in [0.2, 0.25) is 0 Å². The number of nitrogens with one attached hydrogen (secondary N) is 1. The minimum absolute atomic E-state index is 0.0628. The number of carbonyl (C=O) groups is 3. The van der Waals surface area contributed by atoms with Gasteiger partial charge in [-0.2, -0.15) is 0 Å². The first-order valence-corrected chi connectivity index (χ1v) is 12.0. The molecule has 2 bridgehead atoms. The third-order valence-electron chi connectivity index (χ3n) is 8.44. The predicted octanol–water partition coefficient (Wildman–Crippen LogP) is 3.91. The Labute approximate surface area is 198 Å². The standard InChI is InChI=1S/C27H28N2O5/c1-25-14-27(15-25,23(31)32)29(16-25)22(30)26(11-6-12-26)28-24(33)34-13-21-19-9-4-2-7-17(19)18-8-3-5-10-20(18)21/h2-5,7-10,21H,6,11-16H2,1H3,(H,28,33)(H,31,32). The van der Waals surface area contributed by atoms with E-state index in [9.17, 15) is 19.5 Å². The molecular formula is C27H28N2O5. The molecule has 0 radical (unpaired) electrons. The molecule has 7 nitrogen and oxygen atoms in total. The molecule has 2 saturated carbocycles. The molecule has 0 atom stereocenters. The van der Waals surface area contributed by atoms with E-state index in [1.807, 2.05) is 31.2 Å². The lowest BCUT2D eigenvalue weighted by Crippen LogP contribution is -2.67. The first-order valence-electron chi connectivity index (χ1n) is 12.0. The van der Waals surface area contributed by atoms with E-state index in [-0.39, 0.29) is 23.8 Å². The van der Waals surface area contributed by atoms with Gasteiger partial charge in [-0.25, -0.2) is 9.59 Å². The Bertz CT molecular complexity index is 1170. The fourth-order valence-electron chi connectivity index (χ4n) is 6.74. The number of aliphatic carboxylic acids is 1. The van der Waals surface area contributed by atoms with Gasteiger partial charge in [0.05, 0.1) is 0 Å². The van der Waals surface area contributed by atoms with Gasteiger partial charge in [0.15, 0.2) is 0 Å². The number of alkyl carbamates (subject to hydrolysis) is 1. The van der Waals surface area contributed by atoms with Crippen LogP contribution in [0.25, 0.3) is 11.1 Å². The van der Waals surface area contributed by atoms with Gasteiger partial charge in [0.1, 0.15) is 17.7 Å². The van der Waals surface area contributed by atoms with Gasteiger partial charge in [0.25, 0.3) is 0 Å². The lowest BCUT2D eigenvalue weighted by atomic mass is 9.63. The normalized spacial score (nSPS) is 27.7. The van der Waals surface area contributed by atoms with Crippen molar-refractivity contribution in [2.75, 3.05) is 13.2 Å². The van der Waals surface area contributed by atoms with Crippen LogP contribution in [0.3, 0.4) is 0 Å². The zero-order valence-electron chi connectivity index (χ0n) is 19.2. The first-order chi connectivity index (χ1) is 16.3. The van der Waals surface area contributed by atoms with Gasteiger partial charge in [-0.15, -0.1) is 0 Å². The topological polar surface area (TPSA) is 95.9 Å². The summed E-state index contributed by atoms with van der Waals surface area (Å²) in [5, 5.41) is 12.7. The summed E-state index contributed by atoms with van der Waals surface area (Å²) >= 11 is 0. The van der Waals surface area contributed by atoms with Crippen LogP contribution in [0.5, 0.6) is 0 Å². The van der Waals surface area contributed by atoms with Crippen molar-refractivity contribution < 1.29 is 24.2 Å². The third-order valence-corrected chi connectivity index (χ3v) is 8.44. The largest absolute Gasteiger partial charge is 0.479 e. The summed E-state index contributed by atoms with van der Waals surface area (Å²) in [5.74, 6) is -1.30. The van der Waals surface area contributed by atoms with Crippen molar-refractivity contribution >= 4 is 18.0 Å². The quantitative estimate of drug-likeness (QED) is 0.705. The molecule has 7 heteroatoms. The molecule has 2 amide bonds. The summed E-state index contributed by atoms with van der Waals surface area (Å²) in [6.45, 7) is 2.62. The number of fused-ring (bicyclic) bond motifs is 4. The summed E-state index contributed by atoms with van der Waals surface area (Å²) in [4.78, 5) is 40.0. The maximum Gasteiger partial charge on any atom is 0.408 e. The molecule has 2 heterocycles. The highest BCUT2D eigenvalue weighted by Gasteiger charge is 2.70. The molecule has 3 aliphatic carbocycles. The van der Waals surface area contributed by atoms with Gasteiger partial charge in [-0.1, -0.05) is 55.5 Å². The molecule has 4 fully saturated rings. The summed E-state index contributed by atoms with van der Waals surface area (Å²) < 4.78 is 5.68. The number of benzene rings is 2. The van der Waals surface area contributed by atoms with Crippen molar-refractivity contribution in [3.63, 3.8) is 0 Å². The van der Waals surface area contributed by atoms with Gasteiger partial charge in [-0.3, -0.25) is 4.79 Å². The Hall–Kier alpha value is -3.35. The van der Waals surface area contributed by atoms with Gasteiger partial charge in [-0.05, 0) is 59.8 Å². The van der Waals surface area contributed by atoms with Crippen molar-refractivity contribution in [3.05, 3.63) is 59.7 Å². The van der Waals surface area contributed by atoms with E-state index in [4.69, 9.17) is 4.74 Å². The Morgan fingerprint density at radius 1 is 1.03 bits per heavy atom. The highest BCUT2D eigenvalue weighted by atomic mass is 16.5. The average Bonchev–Trinajstić information content (AvgIpc) is 3.38. The fraction of sp³-hybridized carbons (Fsp3) is 0.444. The number of hydrogen-bond acceptors (Lipinski definition) is 4. The molecule has 2 aromatic rings. The molecule has 2 saturated heterocycles. The highest BCUT2D eigenvalue weighted by Crippen LogP contribution is 2.60. The van der Waals surface area contributed by atoms with Crippen LogP contribution in [0, 0.1) is 5.41 Å². The molecule has 2 N–H and O–H groups in total. The lowest BCUT2D eigenvalue weighted by molar-refractivity contribution is -0.163. The second-order valence-electron chi connectivity index (χ2n) is 10.8. The van der Waals surface area contributed by atoms with Gasteiger partial charge >= 0.3 is 12.1 Å². The minimum Gasteiger partial charge on any atom is -0.479 e. The molecule has 176 valence electrons. The lowest BCUT2D eigenvalue weighted by Gasteiger charge is -2.47.